The largest absolute Gasteiger partial charge is 0.475 e. The number of ether oxygens (including phenoxy) is 2. The molecule has 5 aliphatic rings. The minimum Gasteiger partial charge on any atom is -0.475 e. The number of alkyl halides is 4. The molecule has 4 aliphatic heterocycles. The van der Waals surface area contributed by atoms with E-state index < -0.39 is 57.2 Å². The number of aromatic nitrogens is 3. The van der Waals surface area contributed by atoms with E-state index in [9.17, 15) is 22.7 Å². The maximum absolute atomic E-state index is 16.9. The number of aliphatic hydroxyl groups is 1. The number of nitrogens with zero attached hydrogens (tertiary/aromatic N) is 6. The summed E-state index contributed by atoms with van der Waals surface area (Å²) in [6.07, 6.45) is -2.17. The average molecular weight is 710 g/mol. The summed E-state index contributed by atoms with van der Waals surface area (Å²) in [5.41, 5.74) is 1.48. The molecule has 2 aromatic heterocycles. The Morgan fingerprint density at radius 3 is 2.65 bits per heavy atom. The number of hydrogen-bond donors (Lipinski definition) is 2. The van der Waals surface area contributed by atoms with Crippen LogP contribution in [0.1, 0.15) is 50.5 Å². The first-order chi connectivity index (χ1) is 23.3. The lowest BCUT2D eigenvalue weighted by atomic mass is 9.73. The van der Waals surface area contributed by atoms with Crippen molar-refractivity contribution in [1.82, 2.24) is 24.8 Å². The number of likely N-dealkylation sites (N-methyl/N-ethyl adjacent to an activating group) is 1. The van der Waals surface area contributed by atoms with E-state index in [1.165, 1.54) is 0 Å². The van der Waals surface area contributed by atoms with Gasteiger partial charge in [0.2, 0.25) is 5.88 Å². The highest BCUT2D eigenvalue weighted by Gasteiger charge is 2.53. The maximum Gasteiger partial charge on any atom is 0.418 e. The first-order valence-electron chi connectivity index (χ1n) is 16.7. The van der Waals surface area contributed by atoms with Crippen LogP contribution in [0.4, 0.5) is 33.5 Å². The van der Waals surface area contributed by atoms with Gasteiger partial charge in [0.05, 0.1) is 27.8 Å². The van der Waals surface area contributed by atoms with Crippen LogP contribution >= 0.6 is 11.6 Å². The quantitative estimate of drug-likeness (QED) is 0.261. The van der Waals surface area contributed by atoms with Crippen LogP contribution in [-0.4, -0.2) is 106 Å². The number of nitrogen functional groups attached to an aromatic ring is 1. The standard InChI is InChI=1S/C33H37ClF5N7O3/c1-44-6-2-4-19(44)14-46-28-23-27(42-30(43-28)49-15-31-5-3-7-45(31)13-17(35)10-31)25(36)26(41-29(23)48-16-32(46)11-20(47)12-32)21-8-18(40)9-22(34)24(21)33(37,38)39/h8-9,17,19-20,47H,2-7,10-16,40H2,1H3/t17-,19?,20?,31+,32?/m1/s1. The third kappa shape index (κ3) is 5.42. The second kappa shape index (κ2) is 11.6. The number of pyridine rings is 1. The van der Waals surface area contributed by atoms with Crippen molar-refractivity contribution in [3.05, 3.63) is 28.5 Å². The Balaban J connectivity index is 1.32. The SMILES string of the molecule is CN1CCCC1CN1c2nc(OC[C@@]34CCCN3C[C@H](F)C4)nc3c(F)c(-c4cc(N)cc(Cl)c4C(F)(F)F)nc(c23)OCC12CC(O)C2. The van der Waals surface area contributed by atoms with Gasteiger partial charge < -0.3 is 30.1 Å². The summed E-state index contributed by atoms with van der Waals surface area (Å²) in [6, 6.07) is 1.83. The molecule has 0 bridgehead atoms. The van der Waals surface area contributed by atoms with Crippen molar-refractivity contribution in [3.63, 3.8) is 0 Å². The van der Waals surface area contributed by atoms with E-state index in [0.717, 1.165) is 44.5 Å². The molecule has 1 aliphatic carbocycles. The Morgan fingerprint density at radius 1 is 1.14 bits per heavy atom. The normalized spacial score (nSPS) is 30.1. The molecular formula is C33H37ClF5N7O3. The summed E-state index contributed by atoms with van der Waals surface area (Å²) in [7, 11) is 2.03. The molecule has 3 saturated heterocycles. The number of benzene rings is 1. The van der Waals surface area contributed by atoms with Gasteiger partial charge in [0.1, 0.15) is 41.8 Å². The molecule has 8 rings (SSSR count). The zero-order valence-corrected chi connectivity index (χ0v) is 27.6. The van der Waals surface area contributed by atoms with Crippen LogP contribution in [0, 0.1) is 5.82 Å². The molecule has 49 heavy (non-hydrogen) atoms. The van der Waals surface area contributed by atoms with Gasteiger partial charge in [-0.05, 0) is 58.0 Å². The first-order valence-corrected chi connectivity index (χ1v) is 17.0. The molecule has 6 heterocycles. The molecule has 1 aromatic carbocycles. The molecule has 3 N–H and O–H groups in total. The lowest BCUT2D eigenvalue weighted by molar-refractivity contribution is -0.137. The lowest BCUT2D eigenvalue weighted by Gasteiger charge is -2.52. The topological polar surface area (TPSA) is 113 Å². The van der Waals surface area contributed by atoms with Crippen LogP contribution < -0.4 is 20.1 Å². The van der Waals surface area contributed by atoms with Crippen LogP contribution in [0.2, 0.25) is 5.02 Å². The third-order valence-corrected chi connectivity index (χ3v) is 11.5. The van der Waals surface area contributed by atoms with E-state index in [1.54, 1.807) is 0 Å². The Kier molecular flexibility index (Phi) is 7.82. The van der Waals surface area contributed by atoms with Gasteiger partial charge in [-0.15, -0.1) is 0 Å². The Morgan fingerprint density at radius 2 is 1.94 bits per heavy atom. The molecule has 1 spiro atoms. The molecule has 3 atom stereocenters. The van der Waals surface area contributed by atoms with Crippen LogP contribution in [0.3, 0.4) is 0 Å². The smallest absolute Gasteiger partial charge is 0.418 e. The molecule has 1 saturated carbocycles. The number of nitrogens with two attached hydrogens (primary N) is 1. The Labute approximate surface area is 284 Å². The van der Waals surface area contributed by atoms with Gasteiger partial charge in [-0.3, -0.25) is 4.90 Å². The predicted octanol–water partition coefficient (Wildman–Crippen LogP) is 5.23. The lowest BCUT2D eigenvalue weighted by Crippen LogP contribution is -2.64. The molecule has 3 aromatic rings. The highest BCUT2D eigenvalue weighted by Crippen LogP contribution is 2.50. The van der Waals surface area contributed by atoms with Crippen molar-refractivity contribution in [2.75, 3.05) is 57.1 Å². The summed E-state index contributed by atoms with van der Waals surface area (Å²) in [5.74, 6) is -1.05. The molecule has 1 unspecified atom stereocenters. The summed E-state index contributed by atoms with van der Waals surface area (Å²) in [5, 5.41) is 9.95. The van der Waals surface area contributed by atoms with E-state index in [4.69, 9.17) is 31.8 Å². The average Bonchev–Trinajstić information content (AvgIpc) is 3.66. The summed E-state index contributed by atoms with van der Waals surface area (Å²) in [6.45, 7) is 2.46. The number of anilines is 2. The van der Waals surface area contributed by atoms with Crippen molar-refractivity contribution in [2.45, 2.75) is 80.5 Å². The minimum absolute atomic E-state index is 0.0139. The summed E-state index contributed by atoms with van der Waals surface area (Å²) < 4.78 is 87.2. The van der Waals surface area contributed by atoms with Crippen LogP contribution in [0.15, 0.2) is 12.1 Å². The number of likely N-dealkylation sites (tertiary alicyclic amines) is 1. The van der Waals surface area contributed by atoms with Crippen molar-refractivity contribution in [2.24, 2.45) is 0 Å². The Hall–Kier alpha value is -3.27. The summed E-state index contributed by atoms with van der Waals surface area (Å²) in [4.78, 5) is 20.0. The number of rotatable bonds is 6. The van der Waals surface area contributed by atoms with Gasteiger partial charge in [0.15, 0.2) is 5.82 Å². The predicted molar refractivity (Wildman–Crippen MR) is 172 cm³/mol. The highest BCUT2D eigenvalue weighted by molar-refractivity contribution is 6.32. The molecule has 0 amide bonds. The van der Waals surface area contributed by atoms with Gasteiger partial charge in [-0.25, -0.2) is 13.8 Å². The van der Waals surface area contributed by atoms with Crippen molar-refractivity contribution >= 4 is 34.0 Å². The fourth-order valence-electron chi connectivity index (χ4n) is 8.76. The van der Waals surface area contributed by atoms with Gasteiger partial charge in [0, 0.05) is 49.6 Å². The monoisotopic (exact) mass is 709 g/mol. The third-order valence-electron chi connectivity index (χ3n) is 11.2. The van der Waals surface area contributed by atoms with Crippen LogP contribution in [0.5, 0.6) is 11.9 Å². The number of fused-ring (bicyclic) bond motifs is 1. The number of aliphatic hydroxyl groups excluding tert-OH is 1. The Bertz CT molecular complexity index is 1810. The molecule has 0 radical (unpaired) electrons. The van der Waals surface area contributed by atoms with Crippen molar-refractivity contribution in [1.29, 1.82) is 0 Å². The summed E-state index contributed by atoms with van der Waals surface area (Å²) >= 11 is 6.06. The van der Waals surface area contributed by atoms with Crippen LogP contribution in [-0.2, 0) is 6.18 Å². The van der Waals surface area contributed by atoms with Crippen molar-refractivity contribution < 1.29 is 36.5 Å². The van der Waals surface area contributed by atoms with E-state index in [-0.39, 0.29) is 60.0 Å². The zero-order valence-electron chi connectivity index (χ0n) is 26.9. The molecule has 16 heteroatoms. The van der Waals surface area contributed by atoms with Gasteiger partial charge in [-0.2, -0.15) is 23.1 Å². The van der Waals surface area contributed by atoms with Crippen molar-refractivity contribution in [3.8, 4) is 23.1 Å². The van der Waals surface area contributed by atoms with Gasteiger partial charge in [-0.1, -0.05) is 11.6 Å². The molecule has 10 nitrogen and oxygen atoms in total. The van der Waals surface area contributed by atoms with E-state index in [0.29, 0.717) is 32.4 Å². The first kappa shape index (κ1) is 32.9. The number of halogens is 6. The highest BCUT2D eigenvalue weighted by atomic mass is 35.5. The van der Waals surface area contributed by atoms with Crippen LogP contribution in [0.25, 0.3) is 22.2 Å². The second-order valence-electron chi connectivity index (χ2n) is 14.4. The van der Waals surface area contributed by atoms with E-state index in [1.807, 2.05) is 11.9 Å². The molecular weight excluding hydrogens is 673 g/mol. The molecule has 4 fully saturated rings. The van der Waals surface area contributed by atoms with E-state index >= 15 is 4.39 Å². The maximum atomic E-state index is 16.9. The fraction of sp³-hybridized carbons (Fsp3) is 0.606. The zero-order chi connectivity index (χ0) is 34.5. The molecule has 264 valence electrons. The minimum atomic E-state index is -4.97. The fourth-order valence-corrected chi connectivity index (χ4v) is 9.09. The van der Waals surface area contributed by atoms with Gasteiger partial charge >= 0.3 is 12.2 Å². The second-order valence-corrected chi connectivity index (χ2v) is 14.8. The van der Waals surface area contributed by atoms with Gasteiger partial charge in [0.25, 0.3) is 0 Å². The van der Waals surface area contributed by atoms with E-state index in [2.05, 4.69) is 19.8 Å². The number of hydrogen-bond acceptors (Lipinski definition) is 10.